The SMILES string of the molecule is O=C(O)[C@@H](Cc1cccc(S(=O)(=O)NCc2ccc3c(c2)OCCO3)c1)[C@H]1CCNC1. The monoisotopic (exact) mass is 446 g/mol. The number of fused-ring (bicyclic) bond motifs is 1. The van der Waals surface area contributed by atoms with Gasteiger partial charge in [-0.1, -0.05) is 18.2 Å². The smallest absolute Gasteiger partial charge is 0.307 e. The topological polar surface area (TPSA) is 114 Å². The number of benzene rings is 2. The van der Waals surface area contributed by atoms with Crippen molar-refractivity contribution in [1.29, 1.82) is 0 Å². The van der Waals surface area contributed by atoms with E-state index >= 15 is 0 Å². The lowest BCUT2D eigenvalue weighted by Crippen LogP contribution is -2.27. The second kappa shape index (κ2) is 9.25. The highest BCUT2D eigenvalue weighted by atomic mass is 32.2. The number of hydrogen-bond acceptors (Lipinski definition) is 6. The fourth-order valence-electron chi connectivity index (χ4n) is 4.03. The fraction of sp³-hybridized carbons (Fsp3) is 0.409. The summed E-state index contributed by atoms with van der Waals surface area (Å²) in [5.74, 6) is -0.0921. The minimum absolute atomic E-state index is 0.0473. The molecule has 2 atom stereocenters. The van der Waals surface area contributed by atoms with Crippen LogP contribution in [0.4, 0.5) is 0 Å². The van der Waals surface area contributed by atoms with Crippen LogP contribution in [-0.2, 0) is 27.8 Å². The molecule has 8 nitrogen and oxygen atoms in total. The first-order valence-electron chi connectivity index (χ1n) is 10.3. The van der Waals surface area contributed by atoms with E-state index in [4.69, 9.17) is 9.47 Å². The highest BCUT2D eigenvalue weighted by molar-refractivity contribution is 7.89. The van der Waals surface area contributed by atoms with Gasteiger partial charge in [-0.25, -0.2) is 13.1 Å². The van der Waals surface area contributed by atoms with Crippen LogP contribution in [0.5, 0.6) is 11.5 Å². The number of sulfonamides is 1. The summed E-state index contributed by atoms with van der Waals surface area (Å²) in [6, 6.07) is 11.8. The average molecular weight is 447 g/mol. The Bertz CT molecular complexity index is 1050. The Morgan fingerprint density at radius 2 is 1.94 bits per heavy atom. The van der Waals surface area contributed by atoms with Crippen molar-refractivity contribution in [3.63, 3.8) is 0 Å². The first kappa shape index (κ1) is 21.6. The summed E-state index contributed by atoms with van der Waals surface area (Å²) < 4.78 is 39.3. The van der Waals surface area contributed by atoms with Gasteiger partial charge < -0.3 is 19.9 Å². The molecule has 2 aromatic carbocycles. The Labute approximate surface area is 181 Å². The van der Waals surface area contributed by atoms with E-state index in [0.717, 1.165) is 18.5 Å². The number of carboxylic acid groups (broad SMARTS) is 1. The van der Waals surface area contributed by atoms with Crippen molar-refractivity contribution in [2.75, 3.05) is 26.3 Å². The quantitative estimate of drug-likeness (QED) is 0.566. The van der Waals surface area contributed by atoms with Crippen molar-refractivity contribution in [3.8, 4) is 11.5 Å². The zero-order valence-electron chi connectivity index (χ0n) is 17.0. The summed E-state index contributed by atoms with van der Waals surface area (Å²) in [6.45, 7) is 2.55. The largest absolute Gasteiger partial charge is 0.486 e. The Kier molecular flexibility index (Phi) is 6.45. The van der Waals surface area contributed by atoms with E-state index in [2.05, 4.69) is 10.0 Å². The van der Waals surface area contributed by atoms with Crippen molar-refractivity contribution in [2.45, 2.75) is 24.3 Å². The summed E-state index contributed by atoms with van der Waals surface area (Å²) in [5, 5.41) is 12.8. The molecule has 0 radical (unpaired) electrons. The molecular formula is C22H26N2O6S. The van der Waals surface area contributed by atoms with E-state index in [1.54, 1.807) is 36.4 Å². The van der Waals surface area contributed by atoms with Crippen LogP contribution < -0.4 is 19.5 Å². The number of ether oxygens (including phenoxy) is 2. The molecule has 2 aromatic rings. The van der Waals surface area contributed by atoms with Crippen LogP contribution in [0.2, 0.25) is 0 Å². The van der Waals surface area contributed by atoms with E-state index in [9.17, 15) is 18.3 Å². The lowest BCUT2D eigenvalue weighted by atomic mass is 9.86. The lowest BCUT2D eigenvalue weighted by molar-refractivity contribution is -0.143. The van der Waals surface area contributed by atoms with Crippen LogP contribution in [0.1, 0.15) is 17.5 Å². The third-order valence-electron chi connectivity index (χ3n) is 5.72. The minimum atomic E-state index is -3.76. The van der Waals surface area contributed by atoms with Gasteiger partial charge in [0.15, 0.2) is 11.5 Å². The summed E-state index contributed by atoms with van der Waals surface area (Å²) in [7, 11) is -3.76. The molecule has 31 heavy (non-hydrogen) atoms. The summed E-state index contributed by atoms with van der Waals surface area (Å²) >= 11 is 0. The van der Waals surface area contributed by atoms with Gasteiger partial charge in [0.05, 0.1) is 10.8 Å². The highest BCUT2D eigenvalue weighted by Gasteiger charge is 2.30. The van der Waals surface area contributed by atoms with E-state index in [1.807, 2.05) is 0 Å². The third-order valence-corrected chi connectivity index (χ3v) is 7.12. The van der Waals surface area contributed by atoms with Gasteiger partial charge in [-0.2, -0.15) is 0 Å². The second-order valence-electron chi connectivity index (χ2n) is 7.85. The second-order valence-corrected chi connectivity index (χ2v) is 9.62. The summed E-state index contributed by atoms with van der Waals surface area (Å²) in [6.07, 6.45) is 1.11. The molecule has 0 spiro atoms. The minimum Gasteiger partial charge on any atom is -0.486 e. The maximum Gasteiger partial charge on any atom is 0.307 e. The Morgan fingerprint density at radius 1 is 1.13 bits per heavy atom. The van der Waals surface area contributed by atoms with Crippen molar-refractivity contribution >= 4 is 16.0 Å². The predicted octanol–water partition coefficient (Wildman–Crippen LogP) is 1.79. The fourth-order valence-corrected chi connectivity index (χ4v) is 5.12. The first-order valence-corrected chi connectivity index (χ1v) is 11.8. The maximum absolute atomic E-state index is 12.8. The molecule has 4 rings (SSSR count). The molecule has 2 aliphatic heterocycles. The van der Waals surface area contributed by atoms with E-state index in [-0.39, 0.29) is 17.4 Å². The van der Waals surface area contributed by atoms with Crippen molar-refractivity contribution in [1.82, 2.24) is 10.0 Å². The zero-order valence-corrected chi connectivity index (χ0v) is 17.9. The van der Waals surface area contributed by atoms with Crippen LogP contribution in [0.3, 0.4) is 0 Å². The van der Waals surface area contributed by atoms with Crippen LogP contribution in [0.15, 0.2) is 47.4 Å². The van der Waals surface area contributed by atoms with Gasteiger partial charge in [0.25, 0.3) is 0 Å². The van der Waals surface area contributed by atoms with Crippen LogP contribution in [0.25, 0.3) is 0 Å². The number of hydrogen-bond donors (Lipinski definition) is 3. The molecule has 0 amide bonds. The van der Waals surface area contributed by atoms with E-state index in [1.165, 1.54) is 6.07 Å². The van der Waals surface area contributed by atoms with Gasteiger partial charge in [0.2, 0.25) is 10.0 Å². The molecule has 0 saturated carbocycles. The van der Waals surface area contributed by atoms with Crippen molar-refractivity contribution in [2.24, 2.45) is 11.8 Å². The van der Waals surface area contributed by atoms with Crippen LogP contribution in [0, 0.1) is 11.8 Å². The van der Waals surface area contributed by atoms with E-state index in [0.29, 0.717) is 43.2 Å². The van der Waals surface area contributed by atoms with Gasteiger partial charge in [-0.15, -0.1) is 0 Å². The zero-order chi connectivity index (χ0) is 21.8. The number of carboxylic acids is 1. The van der Waals surface area contributed by atoms with Gasteiger partial charge in [-0.05, 0) is 67.2 Å². The van der Waals surface area contributed by atoms with Crippen LogP contribution >= 0.6 is 0 Å². The molecule has 3 N–H and O–H groups in total. The molecular weight excluding hydrogens is 420 g/mol. The third kappa shape index (κ3) is 5.17. The molecule has 0 aliphatic carbocycles. The van der Waals surface area contributed by atoms with Crippen LogP contribution in [-0.4, -0.2) is 45.8 Å². The lowest BCUT2D eigenvalue weighted by Gasteiger charge is -2.19. The molecule has 9 heteroatoms. The standard InChI is InChI=1S/C22H26N2O6S/c25-22(26)19(17-6-7-23-14-17)11-15-2-1-3-18(10-15)31(27,28)24-13-16-4-5-20-21(12-16)30-9-8-29-20/h1-5,10,12,17,19,23-24H,6-9,11,13-14H2,(H,25,26)/t17-,19-/m0/s1. The molecule has 0 bridgehead atoms. The van der Waals surface area contributed by atoms with Gasteiger partial charge in [-0.3, -0.25) is 4.79 Å². The molecule has 2 heterocycles. The highest BCUT2D eigenvalue weighted by Crippen LogP contribution is 2.31. The number of carbonyl (C=O) groups is 1. The predicted molar refractivity (Wildman–Crippen MR) is 114 cm³/mol. The molecule has 2 aliphatic rings. The van der Waals surface area contributed by atoms with Gasteiger partial charge >= 0.3 is 5.97 Å². The Hall–Kier alpha value is -2.62. The van der Waals surface area contributed by atoms with E-state index < -0.39 is 21.9 Å². The number of rotatable bonds is 8. The normalized spacial score (nSPS) is 19.2. The van der Waals surface area contributed by atoms with Crippen molar-refractivity contribution < 1.29 is 27.8 Å². The average Bonchev–Trinajstić information content (AvgIpc) is 3.30. The summed E-state index contributed by atoms with van der Waals surface area (Å²) in [4.78, 5) is 11.9. The Morgan fingerprint density at radius 3 is 2.68 bits per heavy atom. The molecule has 166 valence electrons. The van der Waals surface area contributed by atoms with Crippen molar-refractivity contribution in [3.05, 3.63) is 53.6 Å². The maximum atomic E-state index is 12.8. The molecule has 0 aromatic heterocycles. The Balaban J connectivity index is 1.45. The molecule has 1 fully saturated rings. The summed E-state index contributed by atoms with van der Waals surface area (Å²) in [5.41, 5.74) is 1.45. The van der Waals surface area contributed by atoms with Gasteiger partial charge in [0.1, 0.15) is 13.2 Å². The molecule has 1 saturated heterocycles. The number of aliphatic carboxylic acids is 1. The first-order chi connectivity index (χ1) is 14.9. The number of nitrogens with one attached hydrogen (secondary N) is 2. The van der Waals surface area contributed by atoms with Gasteiger partial charge in [0, 0.05) is 6.54 Å². The molecule has 0 unspecified atom stereocenters.